The average molecular weight is 272 g/mol. The van der Waals surface area contributed by atoms with Crippen molar-refractivity contribution in [3.8, 4) is 0 Å². The summed E-state index contributed by atoms with van der Waals surface area (Å²) in [5.74, 6) is -0.905. The van der Waals surface area contributed by atoms with E-state index in [0.717, 1.165) is 5.56 Å². The van der Waals surface area contributed by atoms with Crippen LogP contribution < -0.4 is 11.1 Å². The Hall–Kier alpha value is -2.20. The van der Waals surface area contributed by atoms with Gasteiger partial charge in [-0.3, -0.25) is 4.79 Å². The molecule has 1 amide bonds. The Kier molecular flexibility index (Phi) is 4.85. The van der Waals surface area contributed by atoms with E-state index in [2.05, 4.69) is 5.32 Å². The number of halogens is 1. The third-order valence-corrected chi connectivity index (χ3v) is 3.07. The number of hydrogen-bond acceptors (Lipinski definition) is 2. The predicted molar refractivity (Wildman–Crippen MR) is 77.7 cm³/mol. The fourth-order valence-electron chi connectivity index (χ4n) is 1.99. The summed E-state index contributed by atoms with van der Waals surface area (Å²) in [6.07, 6.45) is 0.568. The molecule has 1 unspecified atom stereocenters. The molecule has 104 valence electrons. The van der Waals surface area contributed by atoms with Crippen LogP contribution in [0.25, 0.3) is 0 Å². The van der Waals surface area contributed by atoms with Crippen molar-refractivity contribution in [3.63, 3.8) is 0 Å². The summed E-state index contributed by atoms with van der Waals surface area (Å²) in [6, 6.07) is 15.5. The van der Waals surface area contributed by atoms with E-state index in [1.165, 1.54) is 12.1 Å². The van der Waals surface area contributed by atoms with Crippen molar-refractivity contribution in [1.82, 2.24) is 0 Å². The number of hydrogen-bond donors (Lipinski definition) is 2. The molecule has 2 aromatic carbocycles. The first-order chi connectivity index (χ1) is 9.69. The third-order valence-electron chi connectivity index (χ3n) is 3.07. The van der Waals surface area contributed by atoms with Gasteiger partial charge in [0.25, 0.3) is 0 Å². The number of rotatable bonds is 5. The maximum absolute atomic E-state index is 13.1. The minimum atomic E-state index is -0.379. The van der Waals surface area contributed by atoms with E-state index in [9.17, 15) is 9.18 Å². The van der Waals surface area contributed by atoms with Crippen molar-refractivity contribution in [2.45, 2.75) is 6.42 Å². The molecule has 0 fully saturated rings. The van der Waals surface area contributed by atoms with Gasteiger partial charge in [-0.1, -0.05) is 36.4 Å². The Morgan fingerprint density at radius 2 is 1.90 bits per heavy atom. The van der Waals surface area contributed by atoms with Crippen LogP contribution in [0, 0.1) is 11.7 Å². The molecular formula is C16H17FN2O. The van der Waals surface area contributed by atoms with Crippen molar-refractivity contribution in [2.75, 3.05) is 11.9 Å². The monoisotopic (exact) mass is 272 g/mol. The van der Waals surface area contributed by atoms with Gasteiger partial charge in [-0.2, -0.15) is 0 Å². The second-order valence-corrected chi connectivity index (χ2v) is 4.62. The van der Waals surface area contributed by atoms with E-state index in [0.29, 0.717) is 12.1 Å². The lowest BCUT2D eigenvalue weighted by Gasteiger charge is -2.15. The molecule has 1 atom stereocenters. The summed E-state index contributed by atoms with van der Waals surface area (Å²) < 4.78 is 13.1. The minimum Gasteiger partial charge on any atom is -0.330 e. The van der Waals surface area contributed by atoms with Crippen LogP contribution in [0.1, 0.15) is 5.56 Å². The van der Waals surface area contributed by atoms with E-state index in [4.69, 9.17) is 5.73 Å². The van der Waals surface area contributed by atoms with E-state index in [1.807, 2.05) is 30.3 Å². The standard InChI is InChI=1S/C16H17FN2O/c17-14-7-4-8-15(10-14)19-16(20)13(11-18)9-12-5-2-1-3-6-12/h1-8,10,13H,9,11,18H2,(H,19,20). The maximum Gasteiger partial charge on any atom is 0.229 e. The van der Waals surface area contributed by atoms with Crippen LogP contribution in [0.4, 0.5) is 10.1 Å². The first-order valence-corrected chi connectivity index (χ1v) is 6.49. The molecule has 3 N–H and O–H groups in total. The molecule has 3 nitrogen and oxygen atoms in total. The summed E-state index contributed by atoms with van der Waals surface area (Å²) in [4.78, 5) is 12.1. The highest BCUT2D eigenvalue weighted by Gasteiger charge is 2.17. The molecule has 0 saturated heterocycles. The Morgan fingerprint density at radius 1 is 1.15 bits per heavy atom. The highest BCUT2D eigenvalue weighted by molar-refractivity contribution is 5.92. The van der Waals surface area contributed by atoms with E-state index in [-0.39, 0.29) is 24.2 Å². The quantitative estimate of drug-likeness (QED) is 0.879. The van der Waals surface area contributed by atoms with Crippen molar-refractivity contribution in [2.24, 2.45) is 11.7 Å². The minimum absolute atomic E-state index is 0.193. The topological polar surface area (TPSA) is 55.1 Å². The van der Waals surface area contributed by atoms with Crippen LogP contribution in [-0.4, -0.2) is 12.5 Å². The van der Waals surface area contributed by atoms with Crippen LogP contribution in [0.3, 0.4) is 0 Å². The summed E-state index contributed by atoms with van der Waals surface area (Å²) in [6.45, 7) is 0.246. The van der Waals surface area contributed by atoms with Crippen LogP contribution in [0.5, 0.6) is 0 Å². The molecule has 0 radical (unpaired) electrons. The summed E-state index contributed by atoms with van der Waals surface area (Å²) >= 11 is 0. The van der Waals surface area contributed by atoms with Gasteiger partial charge in [-0.05, 0) is 30.2 Å². The van der Waals surface area contributed by atoms with Gasteiger partial charge in [-0.15, -0.1) is 0 Å². The second-order valence-electron chi connectivity index (χ2n) is 4.62. The highest BCUT2D eigenvalue weighted by atomic mass is 19.1. The first kappa shape index (κ1) is 14.2. The van der Waals surface area contributed by atoms with Gasteiger partial charge in [0.1, 0.15) is 5.82 Å². The van der Waals surface area contributed by atoms with Crippen molar-refractivity contribution in [1.29, 1.82) is 0 Å². The summed E-state index contributed by atoms with van der Waals surface area (Å²) in [7, 11) is 0. The summed E-state index contributed by atoms with van der Waals surface area (Å²) in [5, 5.41) is 2.70. The number of carbonyl (C=O) groups excluding carboxylic acids is 1. The van der Waals surface area contributed by atoms with E-state index < -0.39 is 0 Å². The zero-order chi connectivity index (χ0) is 14.4. The van der Waals surface area contributed by atoms with Crippen LogP contribution in [-0.2, 0) is 11.2 Å². The van der Waals surface area contributed by atoms with Crippen molar-refractivity contribution >= 4 is 11.6 Å². The van der Waals surface area contributed by atoms with Gasteiger partial charge in [0.2, 0.25) is 5.91 Å². The van der Waals surface area contributed by atoms with Crippen LogP contribution in [0.2, 0.25) is 0 Å². The number of anilines is 1. The van der Waals surface area contributed by atoms with Gasteiger partial charge in [-0.25, -0.2) is 4.39 Å². The molecule has 20 heavy (non-hydrogen) atoms. The normalized spacial score (nSPS) is 11.9. The molecule has 0 aliphatic rings. The van der Waals surface area contributed by atoms with E-state index in [1.54, 1.807) is 12.1 Å². The van der Waals surface area contributed by atoms with Gasteiger partial charge >= 0.3 is 0 Å². The SMILES string of the molecule is NCC(Cc1ccccc1)C(=O)Nc1cccc(F)c1. The molecule has 0 bridgehead atoms. The molecule has 0 heterocycles. The number of benzene rings is 2. The van der Waals surface area contributed by atoms with Crippen LogP contribution >= 0.6 is 0 Å². The molecule has 2 rings (SSSR count). The lowest BCUT2D eigenvalue weighted by Crippen LogP contribution is -2.31. The molecule has 0 aliphatic heterocycles. The van der Waals surface area contributed by atoms with Crippen molar-refractivity contribution in [3.05, 3.63) is 66.0 Å². The lowest BCUT2D eigenvalue weighted by atomic mass is 9.98. The molecule has 0 saturated carbocycles. The molecule has 0 spiro atoms. The molecule has 2 aromatic rings. The summed E-state index contributed by atoms with van der Waals surface area (Å²) in [5.41, 5.74) is 7.17. The number of nitrogens with two attached hydrogens (primary N) is 1. The van der Waals surface area contributed by atoms with Crippen LogP contribution in [0.15, 0.2) is 54.6 Å². The fourth-order valence-corrected chi connectivity index (χ4v) is 1.99. The fraction of sp³-hybridized carbons (Fsp3) is 0.188. The van der Waals surface area contributed by atoms with Gasteiger partial charge in [0, 0.05) is 12.2 Å². The maximum atomic E-state index is 13.1. The lowest BCUT2D eigenvalue weighted by molar-refractivity contribution is -0.119. The zero-order valence-corrected chi connectivity index (χ0v) is 11.1. The molecule has 4 heteroatoms. The number of carbonyl (C=O) groups is 1. The number of nitrogens with one attached hydrogen (secondary N) is 1. The highest BCUT2D eigenvalue weighted by Crippen LogP contribution is 2.13. The Labute approximate surface area is 117 Å². The second kappa shape index (κ2) is 6.82. The Balaban J connectivity index is 2.02. The smallest absolute Gasteiger partial charge is 0.229 e. The Bertz CT molecular complexity index is 572. The Morgan fingerprint density at radius 3 is 2.55 bits per heavy atom. The molecule has 0 aromatic heterocycles. The van der Waals surface area contributed by atoms with Gasteiger partial charge in [0.15, 0.2) is 0 Å². The average Bonchev–Trinajstić information content (AvgIpc) is 2.45. The first-order valence-electron chi connectivity index (χ1n) is 6.49. The van der Waals surface area contributed by atoms with Gasteiger partial charge in [0.05, 0.1) is 5.92 Å². The van der Waals surface area contributed by atoms with Crippen molar-refractivity contribution < 1.29 is 9.18 Å². The predicted octanol–water partition coefficient (Wildman–Crippen LogP) is 2.58. The van der Waals surface area contributed by atoms with Gasteiger partial charge < -0.3 is 11.1 Å². The molecule has 0 aliphatic carbocycles. The zero-order valence-electron chi connectivity index (χ0n) is 11.1. The molecular weight excluding hydrogens is 255 g/mol. The number of amides is 1. The largest absolute Gasteiger partial charge is 0.330 e. The van der Waals surface area contributed by atoms with E-state index >= 15 is 0 Å². The third kappa shape index (κ3) is 3.90.